The Morgan fingerprint density at radius 2 is 2.22 bits per heavy atom. The van der Waals surface area contributed by atoms with Gasteiger partial charge in [-0.3, -0.25) is 4.79 Å². The number of hydrogen-bond acceptors (Lipinski definition) is 3. The van der Waals surface area contributed by atoms with Crippen molar-refractivity contribution >= 4 is 12.0 Å². The summed E-state index contributed by atoms with van der Waals surface area (Å²) in [5.74, 6) is -0.0411. The fourth-order valence-corrected chi connectivity index (χ4v) is 1.87. The SMILES string of the molecule is O=C(/C=C/c1ccccc1)N1CCOC(CO)C1. The normalized spacial score (nSPS) is 20.3. The Kier molecular flexibility index (Phi) is 4.50. The van der Waals surface area contributed by atoms with Crippen molar-refractivity contribution in [2.24, 2.45) is 0 Å². The van der Waals surface area contributed by atoms with Gasteiger partial charge in [-0.25, -0.2) is 0 Å². The molecule has 0 radical (unpaired) electrons. The molecule has 0 spiro atoms. The van der Waals surface area contributed by atoms with Gasteiger partial charge in [0, 0.05) is 19.2 Å². The summed E-state index contributed by atoms with van der Waals surface area (Å²) in [6.07, 6.45) is 3.11. The van der Waals surface area contributed by atoms with Gasteiger partial charge in [0.15, 0.2) is 0 Å². The maximum absolute atomic E-state index is 11.9. The number of carbonyl (C=O) groups excluding carboxylic acids is 1. The zero-order valence-electron chi connectivity index (χ0n) is 10.2. The van der Waals surface area contributed by atoms with E-state index in [2.05, 4.69) is 0 Å². The summed E-state index contributed by atoms with van der Waals surface area (Å²) >= 11 is 0. The maximum Gasteiger partial charge on any atom is 0.246 e. The van der Waals surface area contributed by atoms with Crippen molar-refractivity contribution < 1.29 is 14.6 Å². The van der Waals surface area contributed by atoms with Crippen LogP contribution >= 0.6 is 0 Å². The van der Waals surface area contributed by atoms with E-state index < -0.39 is 0 Å². The molecule has 0 aliphatic carbocycles. The number of morpholine rings is 1. The van der Waals surface area contributed by atoms with Crippen LogP contribution in [-0.4, -0.2) is 48.3 Å². The lowest BCUT2D eigenvalue weighted by Gasteiger charge is -2.31. The van der Waals surface area contributed by atoms with Gasteiger partial charge < -0.3 is 14.7 Å². The molecule has 1 aromatic carbocycles. The van der Waals surface area contributed by atoms with Crippen LogP contribution < -0.4 is 0 Å². The molecule has 0 saturated carbocycles. The lowest BCUT2D eigenvalue weighted by molar-refractivity contribution is -0.134. The van der Waals surface area contributed by atoms with E-state index in [0.717, 1.165) is 5.56 Å². The van der Waals surface area contributed by atoms with E-state index in [1.165, 1.54) is 0 Å². The Labute approximate surface area is 106 Å². The first-order valence-electron chi connectivity index (χ1n) is 6.04. The molecule has 0 bridgehead atoms. The highest BCUT2D eigenvalue weighted by Crippen LogP contribution is 2.07. The Hall–Kier alpha value is -1.65. The molecular weight excluding hydrogens is 230 g/mol. The predicted molar refractivity (Wildman–Crippen MR) is 68.9 cm³/mol. The van der Waals surface area contributed by atoms with Crippen LogP contribution in [0, 0.1) is 0 Å². The van der Waals surface area contributed by atoms with E-state index in [1.807, 2.05) is 30.3 Å². The third-order valence-electron chi connectivity index (χ3n) is 2.87. The second-order valence-corrected chi connectivity index (χ2v) is 4.20. The molecule has 1 aromatic rings. The van der Waals surface area contributed by atoms with Crippen molar-refractivity contribution in [3.63, 3.8) is 0 Å². The van der Waals surface area contributed by atoms with Crippen LogP contribution in [0.4, 0.5) is 0 Å². The molecule has 1 amide bonds. The van der Waals surface area contributed by atoms with Gasteiger partial charge in [0.1, 0.15) is 0 Å². The van der Waals surface area contributed by atoms with E-state index in [1.54, 1.807) is 17.1 Å². The van der Waals surface area contributed by atoms with Crippen LogP contribution in [0.1, 0.15) is 5.56 Å². The zero-order valence-corrected chi connectivity index (χ0v) is 10.2. The summed E-state index contributed by atoms with van der Waals surface area (Å²) < 4.78 is 5.30. The zero-order chi connectivity index (χ0) is 12.8. The van der Waals surface area contributed by atoms with E-state index in [-0.39, 0.29) is 18.6 Å². The standard InChI is InChI=1S/C14H17NO3/c16-11-13-10-15(8-9-18-13)14(17)7-6-12-4-2-1-3-5-12/h1-7,13,16H,8-11H2/b7-6+. The highest BCUT2D eigenvalue weighted by atomic mass is 16.5. The summed E-state index contributed by atoms with van der Waals surface area (Å²) in [5, 5.41) is 9.02. The Balaban J connectivity index is 1.93. The van der Waals surface area contributed by atoms with Crippen molar-refractivity contribution in [1.82, 2.24) is 4.90 Å². The summed E-state index contributed by atoms with van der Waals surface area (Å²) in [6, 6.07) is 9.69. The molecular formula is C14H17NO3. The molecule has 18 heavy (non-hydrogen) atoms. The van der Waals surface area contributed by atoms with Crippen LogP contribution in [0.2, 0.25) is 0 Å². The van der Waals surface area contributed by atoms with Crippen molar-refractivity contribution in [3.05, 3.63) is 42.0 Å². The summed E-state index contributed by atoms with van der Waals surface area (Å²) in [6.45, 7) is 1.46. The second kappa shape index (κ2) is 6.33. The highest BCUT2D eigenvalue weighted by molar-refractivity contribution is 5.91. The van der Waals surface area contributed by atoms with Gasteiger partial charge in [0.2, 0.25) is 5.91 Å². The van der Waals surface area contributed by atoms with Gasteiger partial charge in [-0.2, -0.15) is 0 Å². The van der Waals surface area contributed by atoms with Gasteiger partial charge in [-0.1, -0.05) is 30.3 Å². The average molecular weight is 247 g/mol. The van der Waals surface area contributed by atoms with E-state index in [0.29, 0.717) is 19.7 Å². The smallest absolute Gasteiger partial charge is 0.246 e. The minimum absolute atomic E-state index is 0.0411. The first-order chi connectivity index (χ1) is 8.79. The number of hydrogen-bond donors (Lipinski definition) is 1. The predicted octanol–water partition coefficient (Wildman–Crippen LogP) is 0.919. The van der Waals surface area contributed by atoms with Crippen molar-refractivity contribution in [3.8, 4) is 0 Å². The first kappa shape index (κ1) is 12.8. The molecule has 1 unspecified atom stereocenters. The largest absolute Gasteiger partial charge is 0.394 e. The van der Waals surface area contributed by atoms with Gasteiger partial charge in [-0.05, 0) is 11.6 Å². The number of amides is 1. The maximum atomic E-state index is 11.9. The van der Waals surface area contributed by atoms with Gasteiger partial charge in [0.25, 0.3) is 0 Å². The molecule has 1 N–H and O–H groups in total. The Morgan fingerprint density at radius 1 is 1.44 bits per heavy atom. The molecule has 4 heteroatoms. The van der Waals surface area contributed by atoms with Crippen LogP contribution in [0.5, 0.6) is 0 Å². The highest BCUT2D eigenvalue weighted by Gasteiger charge is 2.21. The van der Waals surface area contributed by atoms with Crippen molar-refractivity contribution in [2.75, 3.05) is 26.3 Å². The number of benzene rings is 1. The fraction of sp³-hybridized carbons (Fsp3) is 0.357. The number of nitrogens with zero attached hydrogens (tertiary/aromatic N) is 1. The third kappa shape index (κ3) is 3.42. The van der Waals surface area contributed by atoms with Gasteiger partial charge in [0.05, 0.1) is 19.3 Å². The van der Waals surface area contributed by atoms with E-state index >= 15 is 0 Å². The van der Waals surface area contributed by atoms with Gasteiger partial charge in [-0.15, -0.1) is 0 Å². The number of carbonyl (C=O) groups is 1. The molecule has 1 atom stereocenters. The molecule has 1 aliphatic rings. The van der Waals surface area contributed by atoms with Crippen LogP contribution in [0.15, 0.2) is 36.4 Å². The topological polar surface area (TPSA) is 49.8 Å². The molecule has 4 nitrogen and oxygen atoms in total. The lowest BCUT2D eigenvalue weighted by Crippen LogP contribution is -2.46. The molecule has 1 saturated heterocycles. The van der Waals surface area contributed by atoms with Crippen molar-refractivity contribution in [2.45, 2.75) is 6.10 Å². The molecule has 96 valence electrons. The number of aliphatic hydroxyl groups excluding tert-OH is 1. The van der Waals surface area contributed by atoms with E-state index in [4.69, 9.17) is 9.84 Å². The first-order valence-corrected chi connectivity index (χ1v) is 6.04. The van der Waals surface area contributed by atoms with E-state index in [9.17, 15) is 4.79 Å². The Bertz CT molecular complexity index is 416. The lowest BCUT2D eigenvalue weighted by atomic mass is 10.2. The monoisotopic (exact) mass is 247 g/mol. The number of aliphatic hydroxyl groups is 1. The number of ether oxygens (including phenoxy) is 1. The quantitative estimate of drug-likeness (QED) is 0.808. The second-order valence-electron chi connectivity index (χ2n) is 4.20. The summed E-state index contributed by atoms with van der Waals surface area (Å²) in [4.78, 5) is 13.6. The molecule has 1 aliphatic heterocycles. The minimum atomic E-state index is -0.257. The van der Waals surface area contributed by atoms with Crippen LogP contribution in [-0.2, 0) is 9.53 Å². The third-order valence-corrected chi connectivity index (χ3v) is 2.87. The summed E-state index contributed by atoms with van der Waals surface area (Å²) in [7, 11) is 0. The fourth-order valence-electron chi connectivity index (χ4n) is 1.87. The molecule has 0 aromatic heterocycles. The molecule has 1 heterocycles. The van der Waals surface area contributed by atoms with Crippen LogP contribution in [0.25, 0.3) is 6.08 Å². The minimum Gasteiger partial charge on any atom is -0.394 e. The van der Waals surface area contributed by atoms with Crippen LogP contribution in [0.3, 0.4) is 0 Å². The van der Waals surface area contributed by atoms with Crippen molar-refractivity contribution in [1.29, 1.82) is 0 Å². The molecule has 1 fully saturated rings. The van der Waals surface area contributed by atoms with Gasteiger partial charge >= 0.3 is 0 Å². The Morgan fingerprint density at radius 3 is 2.94 bits per heavy atom. The molecule has 2 rings (SSSR count). The average Bonchev–Trinajstić information content (AvgIpc) is 2.46. The summed E-state index contributed by atoms with van der Waals surface area (Å²) in [5.41, 5.74) is 0.998. The number of rotatable bonds is 3.